The number of para-hydroxylation sites is 2. The molecule has 2 aliphatic heterocycles. The number of ketones is 1. The van der Waals surface area contributed by atoms with Gasteiger partial charge in [-0.25, -0.2) is 4.39 Å². The highest BCUT2D eigenvalue weighted by atomic mass is 19.1. The number of piperazine rings is 1. The van der Waals surface area contributed by atoms with Crippen LogP contribution >= 0.6 is 0 Å². The fourth-order valence-electron chi connectivity index (χ4n) is 6.47. The average Bonchev–Trinajstić information content (AvgIpc) is 3.11. The molecule has 0 saturated carbocycles. The number of fused-ring (bicyclic) bond motifs is 1. The summed E-state index contributed by atoms with van der Waals surface area (Å²) >= 11 is 0. The second kappa shape index (κ2) is 11.2. The minimum Gasteiger partial charge on any atom is -0.497 e. The van der Waals surface area contributed by atoms with E-state index in [1.807, 2.05) is 53.4 Å². The molecule has 1 saturated heterocycles. The van der Waals surface area contributed by atoms with Crippen LogP contribution in [-0.4, -0.2) is 56.4 Å². The van der Waals surface area contributed by atoms with Gasteiger partial charge in [-0.1, -0.05) is 38.1 Å². The summed E-state index contributed by atoms with van der Waals surface area (Å²) in [5.74, 6) is 0.588. The van der Waals surface area contributed by atoms with Gasteiger partial charge in [0.1, 0.15) is 11.6 Å². The Morgan fingerprint density at radius 3 is 2.33 bits per heavy atom. The molecule has 0 radical (unpaired) electrons. The van der Waals surface area contributed by atoms with E-state index in [-0.39, 0.29) is 29.5 Å². The first kappa shape index (κ1) is 27.8. The van der Waals surface area contributed by atoms with Crippen molar-refractivity contribution in [3.8, 4) is 5.75 Å². The summed E-state index contributed by atoms with van der Waals surface area (Å²) in [5, 5.41) is 3.61. The van der Waals surface area contributed by atoms with Crippen molar-refractivity contribution in [3.05, 3.63) is 95.4 Å². The molecule has 1 N–H and O–H groups in total. The second-order valence-corrected chi connectivity index (χ2v) is 12.1. The second-order valence-electron chi connectivity index (χ2n) is 12.1. The standard InChI is InChI=1S/C34H37FN4O3/c1-34(2)20-28-32(30(40)21-34)33(23-8-14-26(42-3)15-9-23)39(29-7-5-4-6-27(29)36-28)22-31(41)38-18-16-37(17-19-38)25-12-10-24(35)11-13-25/h4-15,33,36H,16-22H2,1-3H3. The van der Waals surface area contributed by atoms with E-state index in [0.717, 1.165) is 46.1 Å². The van der Waals surface area contributed by atoms with E-state index in [2.05, 4.69) is 29.0 Å². The number of nitrogens with one attached hydrogen (secondary N) is 1. The van der Waals surface area contributed by atoms with Crippen molar-refractivity contribution in [2.45, 2.75) is 32.7 Å². The van der Waals surface area contributed by atoms with E-state index in [0.29, 0.717) is 32.6 Å². The smallest absolute Gasteiger partial charge is 0.242 e. The molecule has 3 aromatic carbocycles. The van der Waals surface area contributed by atoms with Gasteiger partial charge in [-0.3, -0.25) is 9.59 Å². The number of carbonyl (C=O) groups excluding carboxylic acids is 2. The number of allylic oxidation sites excluding steroid dienone is 1. The number of methoxy groups -OCH3 is 1. The van der Waals surface area contributed by atoms with Crippen molar-refractivity contribution in [3.63, 3.8) is 0 Å². The summed E-state index contributed by atoms with van der Waals surface area (Å²) in [6, 6.07) is 21.8. The predicted molar refractivity (Wildman–Crippen MR) is 163 cm³/mol. The fraction of sp³-hybridized carbons (Fsp3) is 0.353. The van der Waals surface area contributed by atoms with Crippen LogP contribution in [0.25, 0.3) is 0 Å². The van der Waals surface area contributed by atoms with Gasteiger partial charge in [-0.05, 0) is 65.9 Å². The Labute approximate surface area is 246 Å². The molecule has 1 fully saturated rings. The van der Waals surface area contributed by atoms with Gasteiger partial charge < -0.3 is 24.8 Å². The highest BCUT2D eigenvalue weighted by Gasteiger charge is 2.42. The van der Waals surface area contributed by atoms with Crippen LogP contribution < -0.4 is 19.9 Å². The molecule has 0 spiro atoms. The topological polar surface area (TPSA) is 65.1 Å². The third-order valence-electron chi connectivity index (χ3n) is 8.57. The van der Waals surface area contributed by atoms with Crippen LogP contribution in [0.2, 0.25) is 0 Å². The molecule has 1 aliphatic carbocycles. The van der Waals surface area contributed by atoms with E-state index in [1.165, 1.54) is 12.1 Å². The number of ether oxygens (including phenoxy) is 1. The van der Waals surface area contributed by atoms with Gasteiger partial charge in [0.05, 0.1) is 31.1 Å². The summed E-state index contributed by atoms with van der Waals surface area (Å²) in [6.07, 6.45) is 1.19. The third kappa shape index (κ3) is 5.45. The third-order valence-corrected chi connectivity index (χ3v) is 8.57. The number of Topliss-reactive ketones (excluding diaryl/α,β-unsaturated/α-hetero) is 1. The van der Waals surface area contributed by atoms with Gasteiger partial charge in [0, 0.05) is 49.6 Å². The summed E-state index contributed by atoms with van der Waals surface area (Å²) < 4.78 is 18.8. The molecule has 1 atom stereocenters. The first-order valence-corrected chi connectivity index (χ1v) is 14.5. The van der Waals surface area contributed by atoms with Crippen LogP contribution in [0.5, 0.6) is 5.75 Å². The van der Waals surface area contributed by atoms with Gasteiger partial charge in [0.2, 0.25) is 5.91 Å². The first-order valence-electron chi connectivity index (χ1n) is 14.5. The number of nitrogens with zero attached hydrogens (tertiary/aromatic N) is 3. The minimum absolute atomic E-state index is 0.00899. The van der Waals surface area contributed by atoms with E-state index < -0.39 is 6.04 Å². The monoisotopic (exact) mass is 568 g/mol. The van der Waals surface area contributed by atoms with Crippen molar-refractivity contribution < 1.29 is 18.7 Å². The zero-order valence-corrected chi connectivity index (χ0v) is 24.4. The largest absolute Gasteiger partial charge is 0.497 e. The number of rotatable bonds is 5. The number of anilines is 3. The van der Waals surface area contributed by atoms with Crippen molar-refractivity contribution in [1.82, 2.24) is 4.90 Å². The Hall–Kier alpha value is -4.33. The van der Waals surface area contributed by atoms with E-state index >= 15 is 0 Å². The van der Waals surface area contributed by atoms with Crippen LogP contribution in [0.4, 0.5) is 21.5 Å². The van der Waals surface area contributed by atoms with Gasteiger partial charge in [0.25, 0.3) is 0 Å². The normalized spacial score (nSPS) is 20.0. The molecule has 2 heterocycles. The summed E-state index contributed by atoms with van der Waals surface area (Å²) in [4.78, 5) is 34.0. The van der Waals surface area contributed by atoms with E-state index in [4.69, 9.17) is 4.74 Å². The highest BCUT2D eigenvalue weighted by Crippen LogP contribution is 2.48. The molecular weight excluding hydrogens is 531 g/mol. The van der Waals surface area contributed by atoms with Crippen LogP contribution in [0.15, 0.2) is 84.1 Å². The summed E-state index contributed by atoms with van der Waals surface area (Å²) in [5.41, 5.74) is 5.14. The lowest BCUT2D eigenvalue weighted by Crippen LogP contribution is -2.52. The minimum atomic E-state index is -0.435. The first-order chi connectivity index (χ1) is 20.2. The van der Waals surface area contributed by atoms with E-state index in [9.17, 15) is 14.0 Å². The molecule has 0 bridgehead atoms. The Kier molecular flexibility index (Phi) is 7.39. The molecule has 3 aromatic rings. The summed E-state index contributed by atoms with van der Waals surface area (Å²) in [7, 11) is 1.63. The Bertz CT molecular complexity index is 1510. The number of benzene rings is 3. The number of halogens is 1. The van der Waals surface area contributed by atoms with Crippen LogP contribution in [0.1, 0.15) is 38.3 Å². The molecule has 42 heavy (non-hydrogen) atoms. The van der Waals surface area contributed by atoms with Gasteiger partial charge in [-0.2, -0.15) is 0 Å². The van der Waals surface area contributed by atoms with Crippen LogP contribution in [-0.2, 0) is 9.59 Å². The molecule has 3 aliphatic rings. The van der Waals surface area contributed by atoms with Crippen molar-refractivity contribution in [2.24, 2.45) is 5.41 Å². The molecule has 1 unspecified atom stereocenters. The van der Waals surface area contributed by atoms with Crippen molar-refractivity contribution in [1.29, 1.82) is 0 Å². The lowest BCUT2D eigenvalue weighted by atomic mass is 9.73. The van der Waals surface area contributed by atoms with Gasteiger partial charge >= 0.3 is 0 Å². The van der Waals surface area contributed by atoms with Gasteiger partial charge in [0.15, 0.2) is 5.78 Å². The van der Waals surface area contributed by atoms with Crippen molar-refractivity contribution in [2.75, 3.05) is 55.0 Å². The maximum atomic E-state index is 14.0. The maximum Gasteiger partial charge on any atom is 0.242 e. The SMILES string of the molecule is COc1ccc(C2C3=C(CC(C)(C)CC3=O)Nc3ccccc3N2CC(=O)N2CCN(c3ccc(F)cc3)CC2)cc1. The van der Waals surface area contributed by atoms with Gasteiger partial charge in [-0.15, -0.1) is 0 Å². The Balaban J connectivity index is 1.34. The lowest BCUT2D eigenvalue weighted by molar-refractivity contribution is -0.130. The summed E-state index contributed by atoms with van der Waals surface area (Å²) in [6.45, 7) is 6.85. The fourth-order valence-corrected chi connectivity index (χ4v) is 6.47. The number of amides is 1. The molecule has 1 amide bonds. The molecule has 8 heteroatoms. The van der Waals surface area contributed by atoms with Crippen LogP contribution in [0.3, 0.4) is 0 Å². The number of carbonyl (C=O) groups is 2. The highest BCUT2D eigenvalue weighted by molar-refractivity contribution is 6.02. The van der Waals surface area contributed by atoms with Crippen LogP contribution in [0, 0.1) is 11.2 Å². The maximum absolute atomic E-state index is 14.0. The zero-order valence-electron chi connectivity index (χ0n) is 24.4. The average molecular weight is 569 g/mol. The molecule has 0 aromatic heterocycles. The number of hydrogen-bond acceptors (Lipinski definition) is 6. The lowest BCUT2D eigenvalue weighted by Gasteiger charge is -2.40. The zero-order chi connectivity index (χ0) is 29.4. The quantitative estimate of drug-likeness (QED) is 0.420. The number of hydrogen-bond donors (Lipinski definition) is 1. The Morgan fingerprint density at radius 1 is 0.952 bits per heavy atom. The van der Waals surface area contributed by atoms with E-state index in [1.54, 1.807) is 19.2 Å². The molecular formula is C34H37FN4O3. The predicted octanol–water partition coefficient (Wildman–Crippen LogP) is 5.80. The molecule has 6 rings (SSSR count). The van der Waals surface area contributed by atoms with Crippen molar-refractivity contribution >= 4 is 28.8 Å². The molecule has 218 valence electrons. The molecule has 7 nitrogen and oxygen atoms in total. The Morgan fingerprint density at radius 2 is 1.64 bits per heavy atom.